The Kier molecular flexibility index (Phi) is 15.4. The van der Waals surface area contributed by atoms with E-state index in [9.17, 15) is 0 Å². The van der Waals surface area contributed by atoms with E-state index in [1.54, 1.807) is 0 Å². The topological polar surface area (TPSA) is 43.2 Å². The predicted molar refractivity (Wildman–Crippen MR) is 192 cm³/mol. The van der Waals surface area contributed by atoms with E-state index in [-0.39, 0.29) is 74.7 Å². The van der Waals surface area contributed by atoms with Gasteiger partial charge >= 0.3 is 16.5 Å². The van der Waals surface area contributed by atoms with Gasteiger partial charge in [-0.15, -0.1) is 0 Å². The summed E-state index contributed by atoms with van der Waals surface area (Å²) in [6.07, 6.45) is 27.4. The van der Waals surface area contributed by atoms with Crippen molar-refractivity contribution in [2.45, 2.75) is 171 Å². The Morgan fingerprint density at radius 1 is 0.460 bits per heavy atom. The number of benzene rings is 2. The predicted octanol–water partition coefficient (Wildman–Crippen LogP) is 5.72. The van der Waals surface area contributed by atoms with Crippen molar-refractivity contribution in [1.82, 2.24) is 0 Å². The summed E-state index contributed by atoms with van der Waals surface area (Å²) in [6.45, 7) is 0. The number of hydrogen-bond donors (Lipinski definition) is 0. The molecule has 2 heterocycles. The molecule has 2 unspecified atom stereocenters. The van der Waals surface area contributed by atoms with Crippen LogP contribution >= 0.6 is 0 Å². The minimum absolute atomic E-state index is 0. The van der Waals surface area contributed by atoms with Crippen LogP contribution in [0, 0.1) is 11.8 Å². The van der Waals surface area contributed by atoms with E-state index in [2.05, 4.69) is 48.5 Å². The van der Waals surface area contributed by atoms with E-state index in [1.165, 1.54) is 151 Å². The van der Waals surface area contributed by atoms with Gasteiger partial charge in [0.1, 0.15) is 24.3 Å². The fraction of sp³-hybridized carbons (Fsp3) is 0.674. The average molecular weight is 853 g/mol. The van der Waals surface area contributed by atoms with Gasteiger partial charge in [-0.25, -0.2) is 9.98 Å². The maximum atomic E-state index is 6.92. The van der Waals surface area contributed by atoms with Crippen LogP contribution in [0.5, 0.6) is 0 Å². The molecule has 276 valence electrons. The number of rotatable bonds is 8. The number of ether oxygens (including phenoxy) is 2. The van der Waals surface area contributed by atoms with Crippen molar-refractivity contribution in [3.63, 3.8) is 0 Å². The van der Waals surface area contributed by atoms with Crippen LogP contribution in [0.2, 0.25) is 0 Å². The Morgan fingerprint density at radius 3 is 1.18 bits per heavy atom. The van der Waals surface area contributed by atoms with Gasteiger partial charge < -0.3 is 43.4 Å². The zero-order valence-electron chi connectivity index (χ0n) is 29.9. The Labute approximate surface area is 333 Å². The summed E-state index contributed by atoms with van der Waals surface area (Å²) in [5.74, 6) is 4.26. The molecule has 0 amide bonds. The van der Waals surface area contributed by atoms with Gasteiger partial charge in [-0.3, -0.25) is 0 Å². The summed E-state index contributed by atoms with van der Waals surface area (Å²) in [6, 6.07) is 19.1. The monoisotopic (exact) mass is 850 g/mol. The van der Waals surface area contributed by atoms with Crippen molar-refractivity contribution in [3.8, 4) is 0 Å². The number of hydrogen-bond acceptors (Lipinski definition) is 4. The molecule has 4 nitrogen and oxygen atoms in total. The van der Waals surface area contributed by atoms with Crippen LogP contribution in [0.15, 0.2) is 58.5 Å². The van der Waals surface area contributed by atoms with Crippen LogP contribution in [-0.2, 0) is 26.0 Å². The van der Waals surface area contributed by atoms with Crippen LogP contribution in [0.4, 0.5) is 0 Å². The van der Waals surface area contributed by atoms with Gasteiger partial charge in [-0.05, 0) is 97.3 Å². The summed E-state index contributed by atoms with van der Waals surface area (Å²) in [5, 5.41) is 0. The summed E-state index contributed by atoms with van der Waals surface area (Å²) in [4.78, 5) is 10.8. The van der Waals surface area contributed by atoms with E-state index in [0.29, 0.717) is 30.1 Å². The third-order valence-electron chi connectivity index (χ3n) is 12.9. The Morgan fingerprint density at radius 2 is 0.800 bits per heavy atom. The maximum absolute atomic E-state index is 6.92. The third-order valence-corrected chi connectivity index (χ3v) is 12.9. The molecule has 4 atom stereocenters. The summed E-state index contributed by atoms with van der Waals surface area (Å²) in [7, 11) is 0. The molecule has 0 spiro atoms. The van der Waals surface area contributed by atoms with E-state index in [4.69, 9.17) is 19.5 Å². The van der Waals surface area contributed by atoms with Crippen LogP contribution in [-0.4, -0.2) is 24.0 Å². The van der Waals surface area contributed by atoms with Gasteiger partial charge in [0, 0.05) is 0 Å². The van der Waals surface area contributed by atoms with Crippen molar-refractivity contribution < 1.29 is 59.9 Å². The molecule has 2 aromatic carbocycles. The fourth-order valence-corrected chi connectivity index (χ4v) is 10.3. The van der Waals surface area contributed by atoms with Crippen LogP contribution < -0.4 is 34.0 Å². The second-order valence-electron chi connectivity index (χ2n) is 16.1. The summed E-state index contributed by atoms with van der Waals surface area (Å²) in [5.41, 5.74) is 5.74. The maximum Gasteiger partial charge on any atom is 2.00 e. The molecule has 8 rings (SSSR count). The second kappa shape index (κ2) is 19.2. The Bertz CT molecular complexity index is 1300. The van der Waals surface area contributed by atoms with Crippen molar-refractivity contribution in [2.75, 3.05) is 0 Å². The largest absolute Gasteiger partial charge is 2.00 e. The standard InChI is InChI=1S/C43H58N2O2.2BrH.Ni/c1-5-15-30(16-6-1)34-23-13-25-36(27-34)40-42(32-19-9-3-10-20-32)46-38(44-40)29-39-45-41(43(47-39)33-21-11-4-12-22-33)37-26-14-24-35(28-37)31-17-7-2-8-18-31;;;/h13-14,23-28,30-33,40-43H,1-12,15-22,29H2;2*1H;/q;;;+2/p-2/t40-,41-,42?,43?;;;/m1.../s1. The Balaban J connectivity index is 0.00000162. The van der Waals surface area contributed by atoms with E-state index >= 15 is 0 Å². The molecule has 6 aliphatic rings. The third kappa shape index (κ3) is 9.30. The molecule has 2 aromatic rings. The van der Waals surface area contributed by atoms with Gasteiger partial charge in [0.2, 0.25) is 0 Å². The van der Waals surface area contributed by atoms with Crippen molar-refractivity contribution in [2.24, 2.45) is 21.8 Å². The molecule has 0 bridgehead atoms. The molecule has 0 aromatic heterocycles. The van der Waals surface area contributed by atoms with E-state index in [0.717, 1.165) is 11.8 Å². The van der Waals surface area contributed by atoms with Crippen LogP contribution in [0.3, 0.4) is 0 Å². The first-order valence-corrected chi connectivity index (χ1v) is 19.9. The summed E-state index contributed by atoms with van der Waals surface area (Å²) < 4.78 is 13.8. The zero-order valence-corrected chi connectivity index (χ0v) is 34.0. The molecule has 4 fully saturated rings. The van der Waals surface area contributed by atoms with Gasteiger partial charge in [-0.1, -0.05) is 126 Å². The molecule has 4 aliphatic carbocycles. The number of nitrogens with zero attached hydrogens (tertiary/aromatic N) is 2. The quantitative estimate of drug-likeness (QED) is 0.320. The SMILES string of the molecule is [Br-].[Br-].[Ni+2].c1cc(C2CCCCC2)cc([C@H]2N=C(CC3=N[C@H](c4cccc(C5CCCCC5)c4)C(C4CCCCC4)O3)OC2C2CCCCC2)c1. The van der Waals surface area contributed by atoms with Gasteiger partial charge in [0.25, 0.3) is 0 Å². The van der Waals surface area contributed by atoms with Crippen LogP contribution in [0.1, 0.15) is 181 Å². The first kappa shape index (κ1) is 40.0. The van der Waals surface area contributed by atoms with E-state index < -0.39 is 0 Å². The van der Waals surface area contributed by atoms with Crippen LogP contribution in [0.25, 0.3) is 0 Å². The Hall–Kier alpha value is -1.17. The minimum atomic E-state index is 0. The molecular weight excluding hydrogens is 795 g/mol. The summed E-state index contributed by atoms with van der Waals surface area (Å²) >= 11 is 0. The normalized spacial score (nSPS) is 28.2. The molecule has 2 aliphatic heterocycles. The van der Waals surface area contributed by atoms with Gasteiger partial charge in [-0.2, -0.15) is 0 Å². The molecule has 50 heavy (non-hydrogen) atoms. The molecule has 0 N–H and O–H groups in total. The molecule has 0 saturated heterocycles. The van der Waals surface area contributed by atoms with Gasteiger partial charge in [0.05, 0.1) is 6.42 Å². The first-order valence-electron chi connectivity index (χ1n) is 19.9. The fourth-order valence-electron chi connectivity index (χ4n) is 10.3. The smallest absolute Gasteiger partial charge is 1.00 e. The number of aliphatic imine (C=N–C) groups is 2. The van der Waals surface area contributed by atoms with Gasteiger partial charge in [0.15, 0.2) is 11.8 Å². The zero-order chi connectivity index (χ0) is 31.4. The van der Waals surface area contributed by atoms with Crippen molar-refractivity contribution in [3.05, 3.63) is 70.8 Å². The molecule has 0 radical (unpaired) electrons. The van der Waals surface area contributed by atoms with Crippen molar-refractivity contribution >= 4 is 11.8 Å². The molecular formula is C43H58Br2N2NiO2. The molecule has 7 heteroatoms. The first-order chi connectivity index (χ1) is 23.3. The minimum Gasteiger partial charge on any atom is -1.00 e. The molecule has 4 saturated carbocycles. The van der Waals surface area contributed by atoms with Crippen molar-refractivity contribution in [1.29, 1.82) is 0 Å². The second-order valence-corrected chi connectivity index (χ2v) is 16.1. The van der Waals surface area contributed by atoms with E-state index in [1.807, 2.05) is 0 Å². The average Bonchev–Trinajstić information content (AvgIpc) is 3.78. The number of halogens is 2.